The molecule has 0 aromatic heterocycles. The fourth-order valence-electron chi connectivity index (χ4n) is 7.14. The van der Waals surface area contributed by atoms with E-state index in [9.17, 15) is 19.2 Å². The smallest absolute Gasteiger partial charge is 0.343 e. The number of unbranched alkanes of at least 4 members (excludes halogenated alkanes) is 9. The van der Waals surface area contributed by atoms with Crippen LogP contribution in [0.1, 0.15) is 159 Å². The van der Waals surface area contributed by atoms with E-state index >= 15 is 0 Å². The topological polar surface area (TPSA) is 124 Å². The molecule has 0 spiro atoms. The largest absolute Gasteiger partial charge is 0.494 e. The van der Waals surface area contributed by atoms with Crippen LogP contribution in [-0.4, -0.2) is 37.1 Å². The maximum Gasteiger partial charge on any atom is 0.343 e. The molecule has 10 nitrogen and oxygen atoms in total. The molecule has 0 unspecified atom stereocenters. The van der Waals surface area contributed by atoms with Gasteiger partial charge in [0.05, 0.1) is 35.5 Å². The normalized spacial score (nSPS) is 11.4. The molecule has 5 aromatic carbocycles. The minimum absolute atomic E-state index is 0.126. The van der Waals surface area contributed by atoms with E-state index in [0.29, 0.717) is 41.9 Å². The number of esters is 4. The average Bonchev–Trinajstić information content (AvgIpc) is 3.32. The lowest BCUT2D eigenvalue weighted by Gasteiger charge is -2.13. The third kappa shape index (κ3) is 18.2. The average molecular weight is 899 g/mol. The van der Waals surface area contributed by atoms with Gasteiger partial charge >= 0.3 is 23.9 Å². The molecule has 0 aliphatic rings. The third-order valence-corrected chi connectivity index (χ3v) is 11.1. The Hall–Kier alpha value is -6.42. The zero-order valence-electron chi connectivity index (χ0n) is 39.1. The minimum Gasteiger partial charge on any atom is -0.494 e. The first kappa shape index (κ1) is 50.6. The fraction of sp³-hybridized carbons (Fsp3) is 0.393. The van der Waals surface area contributed by atoms with Crippen LogP contribution in [0.3, 0.4) is 0 Å². The predicted molar refractivity (Wildman–Crippen MR) is 257 cm³/mol. The quantitative estimate of drug-likeness (QED) is 0.0272. The van der Waals surface area contributed by atoms with Crippen molar-refractivity contribution in [2.24, 2.45) is 11.8 Å². The molecule has 5 rings (SSSR count). The van der Waals surface area contributed by atoms with Crippen LogP contribution in [0.25, 0.3) is 0 Å². The fourth-order valence-corrected chi connectivity index (χ4v) is 7.14. The third-order valence-electron chi connectivity index (χ3n) is 11.1. The second-order valence-corrected chi connectivity index (χ2v) is 17.2. The molecule has 0 fully saturated rings. The number of carbonyl (C=O) groups is 4. The van der Waals surface area contributed by atoms with E-state index in [-0.39, 0.29) is 33.9 Å². The van der Waals surface area contributed by atoms with Crippen molar-refractivity contribution in [3.63, 3.8) is 0 Å². The van der Waals surface area contributed by atoms with Crippen molar-refractivity contribution in [3.05, 3.63) is 144 Å². The van der Waals surface area contributed by atoms with Gasteiger partial charge in [-0.3, -0.25) is 0 Å². The van der Waals surface area contributed by atoms with E-state index in [1.54, 1.807) is 54.6 Å². The maximum atomic E-state index is 13.0. The summed E-state index contributed by atoms with van der Waals surface area (Å²) in [6, 6.07) is 31.7. The monoisotopic (exact) mass is 898 g/mol. The molecule has 350 valence electrons. The first-order valence-corrected chi connectivity index (χ1v) is 23.7. The Kier molecular flexibility index (Phi) is 21.3. The Morgan fingerprint density at radius 3 is 1.26 bits per heavy atom. The lowest BCUT2D eigenvalue weighted by atomic mass is 9.98. The number of hydrogen-bond donors (Lipinski definition) is 0. The standard InChI is InChI=1S/C56H66O10/c1-5-6-7-8-9-10-11-12-13-14-38-61-47-27-21-43(22-28-47)53(57)63-49-29-25-45(26-30-49)55(59)66-52-20-16-19-46(40-52)56(60)65-50-31-23-44(24-32-50)54(58)64-51-35-33-48(34-36-51)62-39-37-42(4)18-15-17-41(2)3/h16,19-36,40-42H,5-15,17-18,37-39H2,1-4H3/t42-/m0/s1. The van der Waals surface area contributed by atoms with Crippen molar-refractivity contribution >= 4 is 23.9 Å². The van der Waals surface area contributed by atoms with Gasteiger partial charge in [0.15, 0.2) is 0 Å². The van der Waals surface area contributed by atoms with Gasteiger partial charge < -0.3 is 28.4 Å². The SMILES string of the molecule is CCCCCCCCCCCCOc1ccc(C(=O)Oc2ccc(C(=O)Oc3cccc(C(=O)Oc4ccc(C(=O)Oc5ccc(OCC[C@@H](C)CCCC(C)C)cc5)cc4)c3)cc2)cc1. The van der Waals surface area contributed by atoms with Crippen molar-refractivity contribution in [1.29, 1.82) is 0 Å². The molecule has 5 aromatic rings. The maximum absolute atomic E-state index is 13.0. The summed E-state index contributed by atoms with van der Waals surface area (Å²) in [5.41, 5.74) is 0.988. The van der Waals surface area contributed by atoms with E-state index < -0.39 is 23.9 Å². The number of hydrogen-bond acceptors (Lipinski definition) is 10. The van der Waals surface area contributed by atoms with Gasteiger partial charge in [-0.15, -0.1) is 0 Å². The Balaban J connectivity index is 1.000. The zero-order chi connectivity index (χ0) is 46.9. The predicted octanol–water partition coefficient (Wildman–Crippen LogP) is 14.1. The lowest BCUT2D eigenvalue weighted by Crippen LogP contribution is -2.12. The number of benzene rings is 5. The summed E-state index contributed by atoms with van der Waals surface area (Å²) >= 11 is 0. The summed E-state index contributed by atoms with van der Waals surface area (Å²) in [5.74, 6) is 1.23. The molecule has 0 amide bonds. The minimum atomic E-state index is -0.691. The van der Waals surface area contributed by atoms with Gasteiger partial charge in [0.2, 0.25) is 0 Å². The molecule has 0 aliphatic heterocycles. The molecule has 0 aliphatic carbocycles. The molecule has 0 bridgehead atoms. The summed E-state index contributed by atoms with van der Waals surface area (Å²) in [4.78, 5) is 51.6. The van der Waals surface area contributed by atoms with E-state index in [2.05, 4.69) is 27.7 Å². The van der Waals surface area contributed by atoms with Crippen LogP contribution in [0.15, 0.2) is 121 Å². The summed E-state index contributed by atoms with van der Waals surface area (Å²) in [6.07, 6.45) is 17.3. The van der Waals surface area contributed by atoms with Crippen molar-refractivity contribution in [1.82, 2.24) is 0 Å². The highest BCUT2D eigenvalue weighted by Gasteiger charge is 2.16. The highest BCUT2D eigenvalue weighted by atomic mass is 16.5. The lowest BCUT2D eigenvalue weighted by molar-refractivity contribution is 0.0712. The molecule has 10 heteroatoms. The van der Waals surface area contributed by atoms with Crippen LogP contribution in [0, 0.1) is 11.8 Å². The van der Waals surface area contributed by atoms with Crippen LogP contribution in [0.2, 0.25) is 0 Å². The number of carbonyl (C=O) groups excluding carboxylic acids is 4. The van der Waals surface area contributed by atoms with Crippen molar-refractivity contribution < 1.29 is 47.6 Å². The Morgan fingerprint density at radius 2 is 0.773 bits per heavy atom. The number of rotatable bonds is 28. The highest BCUT2D eigenvalue weighted by molar-refractivity contribution is 5.95. The first-order chi connectivity index (χ1) is 32.1. The molecular weight excluding hydrogens is 833 g/mol. The van der Waals surface area contributed by atoms with Crippen molar-refractivity contribution in [2.75, 3.05) is 13.2 Å². The molecular formula is C56H66O10. The van der Waals surface area contributed by atoms with Crippen LogP contribution < -0.4 is 28.4 Å². The molecule has 0 saturated carbocycles. The highest BCUT2D eigenvalue weighted by Crippen LogP contribution is 2.24. The van der Waals surface area contributed by atoms with Crippen molar-refractivity contribution in [2.45, 2.75) is 118 Å². The molecule has 1 atom stereocenters. The van der Waals surface area contributed by atoms with Gasteiger partial charge in [-0.05, 0) is 140 Å². The molecule has 0 N–H and O–H groups in total. The summed E-state index contributed by atoms with van der Waals surface area (Å²) < 4.78 is 33.9. The Labute approximate surface area is 390 Å². The van der Waals surface area contributed by atoms with Gasteiger partial charge in [-0.25, -0.2) is 19.2 Å². The van der Waals surface area contributed by atoms with Crippen LogP contribution in [-0.2, 0) is 0 Å². The Bertz CT molecular complexity index is 2230. The van der Waals surface area contributed by atoms with Crippen molar-refractivity contribution in [3.8, 4) is 34.5 Å². The number of ether oxygens (including phenoxy) is 6. The second-order valence-electron chi connectivity index (χ2n) is 17.2. The van der Waals surface area contributed by atoms with Crippen LogP contribution in [0.4, 0.5) is 0 Å². The second kappa shape index (κ2) is 27.8. The van der Waals surface area contributed by atoms with Gasteiger partial charge in [0.25, 0.3) is 0 Å². The van der Waals surface area contributed by atoms with E-state index in [4.69, 9.17) is 28.4 Å². The van der Waals surface area contributed by atoms with E-state index in [0.717, 1.165) is 25.2 Å². The Morgan fingerprint density at radius 1 is 0.379 bits per heavy atom. The van der Waals surface area contributed by atoms with Crippen LogP contribution in [0.5, 0.6) is 34.5 Å². The summed E-state index contributed by atoms with van der Waals surface area (Å²) in [5, 5.41) is 0. The van der Waals surface area contributed by atoms with Gasteiger partial charge in [0, 0.05) is 0 Å². The zero-order valence-corrected chi connectivity index (χ0v) is 39.1. The molecule has 66 heavy (non-hydrogen) atoms. The van der Waals surface area contributed by atoms with E-state index in [1.165, 1.54) is 137 Å². The van der Waals surface area contributed by atoms with E-state index in [1.807, 2.05) is 0 Å². The van der Waals surface area contributed by atoms with Gasteiger partial charge in [0.1, 0.15) is 34.5 Å². The first-order valence-electron chi connectivity index (χ1n) is 23.7. The molecule has 0 radical (unpaired) electrons. The summed E-state index contributed by atoms with van der Waals surface area (Å²) in [7, 11) is 0. The van der Waals surface area contributed by atoms with Crippen LogP contribution >= 0.6 is 0 Å². The van der Waals surface area contributed by atoms with Gasteiger partial charge in [-0.1, -0.05) is 111 Å². The molecule has 0 heterocycles. The summed E-state index contributed by atoms with van der Waals surface area (Å²) in [6.45, 7) is 10.3. The molecule has 0 saturated heterocycles. The van der Waals surface area contributed by atoms with Gasteiger partial charge in [-0.2, -0.15) is 0 Å².